The van der Waals surface area contributed by atoms with E-state index >= 15 is 0 Å². The zero-order chi connectivity index (χ0) is 10.9. The van der Waals surface area contributed by atoms with E-state index in [0.29, 0.717) is 12.5 Å². The lowest BCUT2D eigenvalue weighted by Gasteiger charge is -2.33. The zero-order valence-corrected chi connectivity index (χ0v) is 9.58. The van der Waals surface area contributed by atoms with Crippen LogP contribution in [0.5, 0.6) is 0 Å². The van der Waals surface area contributed by atoms with E-state index in [4.69, 9.17) is 4.74 Å². The number of piperidine rings is 1. The van der Waals surface area contributed by atoms with Gasteiger partial charge in [0, 0.05) is 6.54 Å². The second-order valence-corrected chi connectivity index (χ2v) is 5.17. The van der Waals surface area contributed by atoms with Crippen LogP contribution < -0.4 is 5.32 Å². The molecule has 2 heterocycles. The minimum absolute atomic E-state index is 0.262. The SMILES string of the molecule is CN1CCCC(CC2(C)CNC(=O)O2)C1. The van der Waals surface area contributed by atoms with E-state index < -0.39 is 0 Å². The Balaban J connectivity index is 1.87. The van der Waals surface area contributed by atoms with Gasteiger partial charge in [-0.1, -0.05) is 0 Å². The van der Waals surface area contributed by atoms with Gasteiger partial charge in [-0.3, -0.25) is 0 Å². The third-order valence-corrected chi connectivity index (χ3v) is 3.39. The zero-order valence-electron chi connectivity index (χ0n) is 9.58. The first kappa shape index (κ1) is 10.7. The van der Waals surface area contributed by atoms with Crippen LogP contribution >= 0.6 is 0 Å². The Morgan fingerprint density at radius 2 is 2.47 bits per heavy atom. The molecule has 2 fully saturated rings. The first-order chi connectivity index (χ1) is 7.07. The van der Waals surface area contributed by atoms with Gasteiger partial charge < -0.3 is 15.0 Å². The quantitative estimate of drug-likeness (QED) is 0.748. The molecule has 2 aliphatic heterocycles. The van der Waals surface area contributed by atoms with Crippen molar-refractivity contribution in [3.8, 4) is 0 Å². The molecule has 2 rings (SSSR count). The Hall–Kier alpha value is -0.770. The van der Waals surface area contributed by atoms with Gasteiger partial charge in [-0.15, -0.1) is 0 Å². The molecule has 1 amide bonds. The summed E-state index contributed by atoms with van der Waals surface area (Å²) in [5.74, 6) is 0.668. The second-order valence-electron chi connectivity index (χ2n) is 5.17. The van der Waals surface area contributed by atoms with Crippen LogP contribution in [0.4, 0.5) is 4.79 Å². The monoisotopic (exact) mass is 212 g/mol. The van der Waals surface area contributed by atoms with Gasteiger partial charge in [0.2, 0.25) is 0 Å². The molecule has 0 spiro atoms. The normalized spacial score (nSPS) is 37.5. The average molecular weight is 212 g/mol. The minimum atomic E-state index is -0.278. The Morgan fingerprint density at radius 1 is 1.67 bits per heavy atom. The van der Waals surface area contributed by atoms with Crippen molar-refractivity contribution in [2.75, 3.05) is 26.7 Å². The average Bonchev–Trinajstić information content (AvgIpc) is 2.45. The molecule has 2 saturated heterocycles. The van der Waals surface area contributed by atoms with E-state index in [1.54, 1.807) is 0 Å². The Labute approximate surface area is 91.0 Å². The highest BCUT2D eigenvalue weighted by molar-refractivity contribution is 5.70. The number of alkyl carbamates (subject to hydrolysis) is 1. The van der Waals surface area contributed by atoms with Crippen LogP contribution in [-0.4, -0.2) is 43.3 Å². The van der Waals surface area contributed by atoms with E-state index in [9.17, 15) is 4.79 Å². The van der Waals surface area contributed by atoms with Gasteiger partial charge >= 0.3 is 6.09 Å². The van der Waals surface area contributed by atoms with Crippen LogP contribution in [0.3, 0.4) is 0 Å². The van der Waals surface area contributed by atoms with Crippen molar-refractivity contribution in [3.05, 3.63) is 0 Å². The van der Waals surface area contributed by atoms with Crippen molar-refractivity contribution < 1.29 is 9.53 Å². The van der Waals surface area contributed by atoms with E-state index in [1.807, 2.05) is 6.92 Å². The number of cyclic esters (lactones) is 1. The van der Waals surface area contributed by atoms with Crippen LogP contribution in [0.25, 0.3) is 0 Å². The van der Waals surface area contributed by atoms with Gasteiger partial charge in [0.05, 0.1) is 6.54 Å². The van der Waals surface area contributed by atoms with E-state index in [0.717, 1.165) is 13.0 Å². The minimum Gasteiger partial charge on any atom is -0.441 e. The van der Waals surface area contributed by atoms with Crippen molar-refractivity contribution in [1.29, 1.82) is 0 Å². The Kier molecular flexibility index (Phi) is 2.87. The van der Waals surface area contributed by atoms with Gasteiger partial charge in [-0.25, -0.2) is 4.79 Å². The number of carbonyl (C=O) groups excluding carboxylic acids is 1. The van der Waals surface area contributed by atoms with Crippen LogP contribution in [-0.2, 0) is 4.74 Å². The largest absolute Gasteiger partial charge is 0.441 e. The molecule has 2 atom stereocenters. The summed E-state index contributed by atoms with van der Waals surface area (Å²) in [6.45, 7) is 5.02. The number of nitrogens with zero attached hydrogens (tertiary/aromatic N) is 1. The molecule has 2 unspecified atom stereocenters. The first-order valence-corrected chi connectivity index (χ1v) is 5.73. The smallest absolute Gasteiger partial charge is 0.407 e. The van der Waals surface area contributed by atoms with Gasteiger partial charge in [0.15, 0.2) is 0 Å². The van der Waals surface area contributed by atoms with Crippen molar-refractivity contribution >= 4 is 6.09 Å². The third-order valence-electron chi connectivity index (χ3n) is 3.39. The summed E-state index contributed by atoms with van der Waals surface area (Å²) >= 11 is 0. The van der Waals surface area contributed by atoms with Crippen molar-refractivity contribution in [3.63, 3.8) is 0 Å². The van der Waals surface area contributed by atoms with Gasteiger partial charge in [-0.2, -0.15) is 0 Å². The molecule has 0 aromatic rings. The molecule has 0 saturated carbocycles. The summed E-state index contributed by atoms with van der Waals surface area (Å²) in [7, 11) is 2.16. The molecule has 0 radical (unpaired) electrons. The van der Waals surface area contributed by atoms with Crippen LogP contribution in [0.2, 0.25) is 0 Å². The maximum Gasteiger partial charge on any atom is 0.407 e. The summed E-state index contributed by atoms with van der Waals surface area (Å²) < 4.78 is 5.32. The van der Waals surface area contributed by atoms with Gasteiger partial charge in [0.1, 0.15) is 5.60 Å². The molecule has 1 N–H and O–H groups in total. The predicted molar refractivity (Wildman–Crippen MR) is 57.7 cm³/mol. The molecule has 0 aromatic carbocycles. The highest BCUT2D eigenvalue weighted by Gasteiger charge is 2.38. The number of carbonyl (C=O) groups is 1. The van der Waals surface area contributed by atoms with Crippen LogP contribution in [0, 0.1) is 5.92 Å². The predicted octanol–water partition coefficient (Wildman–Crippen LogP) is 1.22. The topological polar surface area (TPSA) is 41.6 Å². The van der Waals surface area contributed by atoms with Gasteiger partial charge in [0.25, 0.3) is 0 Å². The van der Waals surface area contributed by atoms with Gasteiger partial charge in [-0.05, 0) is 45.7 Å². The lowest BCUT2D eigenvalue weighted by Crippen LogP contribution is -2.38. The third kappa shape index (κ3) is 2.62. The number of rotatable bonds is 2. The van der Waals surface area contributed by atoms with E-state index in [2.05, 4.69) is 17.3 Å². The van der Waals surface area contributed by atoms with Crippen LogP contribution in [0.15, 0.2) is 0 Å². The molecule has 0 bridgehead atoms. The maximum absolute atomic E-state index is 11.0. The highest BCUT2D eigenvalue weighted by Crippen LogP contribution is 2.29. The van der Waals surface area contributed by atoms with Crippen molar-refractivity contribution in [2.24, 2.45) is 5.92 Å². The van der Waals surface area contributed by atoms with Crippen LogP contribution in [0.1, 0.15) is 26.2 Å². The van der Waals surface area contributed by atoms with Crippen molar-refractivity contribution in [2.45, 2.75) is 31.8 Å². The number of hydrogen-bond acceptors (Lipinski definition) is 3. The maximum atomic E-state index is 11.0. The molecule has 15 heavy (non-hydrogen) atoms. The summed E-state index contributed by atoms with van der Waals surface area (Å²) in [4.78, 5) is 13.4. The molecular formula is C11H20N2O2. The first-order valence-electron chi connectivity index (χ1n) is 5.73. The summed E-state index contributed by atoms with van der Waals surface area (Å²) in [5, 5.41) is 2.74. The Morgan fingerprint density at radius 3 is 3.07 bits per heavy atom. The Bertz CT molecular complexity index is 257. The standard InChI is InChI=1S/C11H20N2O2/c1-11(8-12-10(14)15-11)6-9-4-3-5-13(2)7-9/h9H,3-8H2,1-2H3,(H,12,14). The fraction of sp³-hybridized carbons (Fsp3) is 0.909. The summed E-state index contributed by atoms with van der Waals surface area (Å²) in [6, 6.07) is 0. The number of hydrogen-bond donors (Lipinski definition) is 1. The molecule has 0 aromatic heterocycles. The molecule has 4 heteroatoms. The number of nitrogens with one attached hydrogen (secondary N) is 1. The van der Waals surface area contributed by atoms with E-state index in [-0.39, 0.29) is 11.7 Å². The summed E-state index contributed by atoms with van der Waals surface area (Å²) in [6.07, 6.45) is 3.24. The summed E-state index contributed by atoms with van der Waals surface area (Å²) in [5.41, 5.74) is -0.278. The van der Waals surface area contributed by atoms with E-state index in [1.165, 1.54) is 19.4 Å². The molecule has 2 aliphatic rings. The highest BCUT2D eigenvalue weighted by atomic mass is 16.6. The lowest BCUT2D eigenvalue weighted by molar-refractivity contribution is 0.0385. The molecule has 4 nitrogen and oxygen atoms in total. The molecular weight excluding hydrogens is 192 g/mol. The lowest BCUT2D eigenvalue weighted by atomic mass is 9.86. The molecule has 0 aliphatic carbocycles. The second kappa shape index (κ2) is 4.00. The number of likely N-dealkylation sites (tertiary alicyclic amines) is 1. The number of amides is 1. The number of ether oxygens (including phenoxy) is 1. The fourth-order valence-corrected chi connectivity index (χ4v) is 2.72. The van der Waals surface area contributed by atoms with Crippen molar-refractivity contribution in [1.82, 2.24) is 10.2 Å². The molecule has 86 valence electrons. The fourth-order valence-electron chi connectivity index (χ4n) is 2.72.